The molecule has 0 aromatic heterocycles. The highest BCUT2D eigenvalue weighted by Crippen LogP contribution is 2.70. The molecule has 0 spiro atoms. The lowest BCUT2D eigenvalue weighted by Gasteiger charge is -2.62. The van der Waals surface area contributed by atoms with Gasteiger partial charge in [-0.1, -0.05) is 13.8 Å². The molecule has 4 aliphatic carbocycles. The summed E-state index contributed by atoms with van der Waals surface area (Å²) in [6, 6.07) is 0. The molecule has 1 heterocycles. The third kappa shape index (κ3) is 2.35. The Morgan fingerprint density at radius 2 is 2.00 bits per heavy atom. The maximum atomic E-state index is 17.5. The molecule has 6 heteroatoms. The third-order valence-corrected chi connectivity index (χ3v) is 10.4. The molecule has 1 unspecified atom stereocenters. The van der Waals surface area contributed by atoms with Crippen molar-refractivity contribution < 1.29 is 23.8 Å². The molecule has 3 fully saturated rings. The quantitative estimate of drug-likeness (QED) is 0.681. The number of hydrogen-bond donors (Lipinski definition) is 1. The fourth-order valence-corrected chi connectivity index (χ4v) is 8.79. The van der Waals surface area contributed by atoms with Crippen molar-refractivity contribution in [3.8, 4) is 0 Å². The Morgan fingerprint density at radius 1 is 1.23 bits per heavy atom. The van der Waals surface area contributed by atoms with Gasteiger partial charge in [0.25, 0.3) is 0 Å². The van der Waals surface area contributed by atoms with Crippen molar-refractivity contribution in [3.05, 3.63) is 23.2 Å². The minimum Gasteiger partial charge on any atom is -0.454 e. The van der Waals surface area contributed by atoms with Crippen LogP contribution in [0.15, 0.2) is 23.2 Å². The number of aliphatic hydroxyl groups excluding tert-OH is 1. The maximum Gasteiger partial charge on any atom is 0.241 e. The summed E-state index contributed by atoms with van der Waals surface area (Å²) in [7, 11) is 0. The van der Waals surface area contributed by atoms with E-state index in [0.29, 0.717) is 36.7 Å². The molecule has 0 amide bonds. The smallest absolute Gasteiger partial charge is 0.241 e. The van der Waals surface area contributed by atoms with Crippen LogP contribution in [0.1, 0.15) is 65.7 Å². The lowest BCUT2D eigenvalue weighted by molar-refractivity contribution is -0.201. The number of ether oxygens (including phenoxy) is 2. The normalized spacial score (nSPS) is 49.5. The van der Waals surface area contributed by atoms with E-state index in [1.54, 1.807) is 6.08 Å². The predicted molar refractivity (Wildman–Crippen MR) is 114 cm³/mol. The maximum absolute atomic E-state index is 17.5. The molecule has 3 saturated carbocycles. The van der Waals surface area contributed by atoms with Crippen LogP contribution in [0, 0.1) is 22.7 Å². The molecule has 0 aromatic rings. The summed E-state index contributed by atoms with van der Waals surface area (Å²) < 4.78 is 29.4. The van der Waals surface area contributed by atoms with Gasteiger partial charge in [-0.3, -0.25) is 4.79 Å². The van der Waals surface area contributed by atoms with E-state index < -0.39 is 23.5 Å². The second-order valence-electron chi connectivity index (χ2n) is 10.3. The summed E-state index contributed by atoms with van der Waals surface area (Å²) in [6.07, 6.45) is 7.41. The standard InChI is InChI=1S/C24H33FO4S/c1-5-6-19-28-20-16(26)11-13-7-8-15-14-9-10-18(30-4)22(14,2)12-17(27)24(15,25)23(13,3)21(20)29-19/h11,14-15,17-19,27H,5-10,12H2,1-4H3/t14-,15-,17-,18+,19?,22-,23+,24-/m0/s1. The molecular weight excluding hydrogens is 403 g/mol. The number of allylic oxidation sites excluding steroid dienone is 2. The Kier molecular flexibility index (Phi) is 4.69. The van der Waals surface area contributed by atoms with Crippen LogP contribution in [0.2, 0.25) is 0 Å². The lowest BCUT2D eigenvalue weighted by atomic mass is 9.45. The molecule has 166 valence electrons. The molecule has 30 heavy (non-hydrogen) atoms. The van der Waals surface area contributed by atoms with Crippen LogP contribution in [0.5, 0.6) is 0 Å². The molecule has 0 saturated heterocycles. The van der Waals surface area contributed by atoms with E-state index >= 15 is 4.39 Å². The van der Waals surface area contributed by atoms with Gasteiger partial charge in [-0.2, -0.15) is 11.8 Å². The Balaban J connectivity index is 1.61. The molecule has 0 aromatic carbocycles. The molecule has 0 radical (unpaired) electrons. The van der Waals surface area contributed by atoms with Crippen molar-refractivity contribution in [1.29, 1.82) is 0 Å². The van der Waals surface area contributed by atoms with E-state index in [1.807, 2.05) is 25.6 Å². The number of rotatable bonds is 3. The van der Waals surface area contributed by atoms with Crippen LogP contribution in [0.4, 0.5) is 4.39 Å². The molecule has 0 bridgehead atoms. The Hall–Kier alpha value is -1.01. The van der Waals surface area contributed by atoms with E-state index in [2.05, 4.69) is 13.2 Å². The zero-order valence-corrected chi connectivity index (χ0v) is 19.2. The van der Waals surface area contributed by atoms with E-state index in [9.17, 15) is 9.90 Å². The van der Waals surface area contributed by atoms with Crippen molar-refractivity contribution in [2.75, 3.05) is 6.26 Å². The number of carbonyl (C=O) groups is 1. The Bertz CT molecular complexity index is 839. The van der Waals surface area contributed by atoms with Gasteiger partial charge in [-0.25, -0.2) is 4.39 Å². The highest BCUT2D eigenvalue weighted by Gasteiger charge is 2.73. The predicted octanol–water partition coefficient (Wildman–Crippen LogP) is 4.92. The number of fused-ring (bicyclic) bond motifs is 6. The first-order valence-corrected chi connectivity index (χ1v) is 12.7. The molecule has 1 N–H and O–H groups in total. The fourth-order valence-electron chi connectivity index (χ4n) is 7.61. The number of thioether (sulfide) groups is 1. The monoisotopic (exact) mass is 436 g/mol. The zero-order valence-electron chi connectivity index (χ0n) is 18.4. The van der Waals surface area contributed by atoms with Crippen LogP contribution in [-0.2, 0) is 14.3 Å². The molecule has 8 atom stereocenters. The van der Waals surface area contributed by atoms with Crippen molar-refractivity contribution in [2.45, 2.75) is 89.0 Å². The lowest BCUT2D eigenvalue weighted by Crippen LogP contribution is -2.67. The van der Waals surface area contributed by atoms with Gasteiger partial charge in [-0.05, 0) is 74.7 Å². The summed E-state index contributed by atoms with van der Waals surface area (Å²) in [6.45, 7) is 6.12. The molecule has 4 nitrogen and oxygen atoms in total. The van der Waals surface area contributed by atoms with Crippen LogP contribution in [0.25, 0.3) is 0 Å². The average Bonchev–Trinajstić information content (AvgIpc) is 3.27. The number of carbonyl (C=O) groups excluding carboxylic acids is 1. The largest absolute Gasteiger partial charge is 0.454 e. The fraction of sp³-hybridized carbons (Fsp3) is 0.792. The average molecular weight is 437 g/mol. The van der Waals surface area contributed by atoms with Gasteiger partial charge in [0.15, 0.2) is 11.4 Å². The summed E-state index contributed by atoms with van der Waals surface area (Å²) >= 11 is 1.86. The first-order chi connectivity index (χ1) is 14.2. The number of hydrogen-bond acceptors (Lipinski definition) is 5. The minimum atomic E-state index is -1.86. The Labute approximate surface area is 182 Å². The van der Waals surface area contributed by atoms with Crippen LogP contribution in [0.3, 0.4) is 0 Å². The van der Waals surface area contributed by atoms with E-state index in [4.69, 9.17) is 9.47 Å². The number of alkyl halides is 1. The molecule has 5 aliphatic rings. The van der Waals surface area contributed by atoms with Gasteiger partial charge < -0.3 is 14.6 Å². The molecular formula is C24H33FO4S. The van der Waals surface area contributed by atoms with Gasteiger partial charge in [0.2, 0.25) is 17.8 Å². The SMILES string of the molecule is CCCC1OC2=C(O1)[C@@]1(C)C(=CC2=O)CC[C@H]2[C@@H]3CC[C@@H](SC)[C@@]3(C)C[C@H](O)[C@@]21F. The molecule has 5 rings (SSSR count). The van der Waals surface area contributed by atoms with Crippen molar-refractivity contribution >= 4 is 17.5 Å². The summed E-state index contributed by atoms with van der Waals surface area (Å²) in [5.41, 5.74) is -2.32. The van der Waals surface area contributed by atoms with Gasteiger partial charge in [0.05, 0.1) is 11.5 Å². The van der Waals surface area contributed by atoms with E-state index in [0.717, 1.165) is 24.8 Å². The van der Waals surface area contributed by atoms with Crippen LogP contribution >= 0.6 is 11.8 Å². The third-order valence-electron chi connectivity index (χ3n) is 9.10. The van der Waals surface area contributed by atoms with Gasteiger partial charge in [-0.15, -0.1) is 0 Å². The van der Waals surface area contributed by atoms with Gasteiger partial charge in [0.1, 0.15) is 0 Å². The topological polar surface area (TPSA) is 55.8 Å². The Morgan fingerprint density at radius 3 is 2.70 bits per heavy atom. The number of halogens is 1. The van der Waals surface area contributed by atoms with E-state index in [-0.39, 0.29) is 28.8 Å². The first kappa shape index (κ1) is 20.9. The highest BCUT2D eigenvalue weighted by molar-refractivity contribution is 7.99. The summed E-state index contributed by atoms with van der Waals surface area (Å²) in [5, 5.41) is 11.9. The second kappa shape index (κ2) is 6.74. The van der Waals surface area contributed by atoms with Crippen molar-refractivity contribution in [1.82, 2.24) is 0 Å². The van der Waals surface area contributed by atoms with Crippen molar-refractivity contribution in [3.63, 3.8) is 0 Å². The zero-order chi connectivity index (χ0) is 21.5. The minimum absolute atomic E-state index is 0.0594. The molecule has 1 aliphatic heterocycles. The van der Waals surface area contributed by atoms with Crippen molar-refractivity contribution in [2.24, 2.45) is 22.7 Å². The summed E-state index contributed by atoms with van der Waals surface area (Å²) in [5.74, 6) is 0.249. The van der Waals surface area contributed by atoms with E-state index in [1.165, 1.54) is 0 Å². The number of aliphatic hydroxyl groups is 1. The van der Waals surface area contributed by atoms with Gasteiger partial charge >= 0.3 is 0 Å². The second-order valence-corrected chi connectivity index (χ2v) is 11.4. The summed E-state index contributed by atoms with van der Waals surface area (Å²) in [4.78, 5) is 12.8. The number of ketones is 1. The first-order valence-electron chi connectivity index (χ1n) is 11.4. The van der Waals surface area contributed by atoms with Crippen LogP contribution < -0.4 is 0 Å². The highest BCUT2D eigenvalue weighted by atomic mass is 32.2. The van der Waals surface area contributed by atoms with Crippen LogP contribution in [-0.4, -0.2) is 40.5 Å². The van der Waals surface area contributed by atoms with Gasteiger partial charge in [0, 0.05) is 17.6 Å².